The van der Waals surface area contributed by atoms with E-state index in [9.17, 15) is 9.18 Å². The second-order valence-electron chi connectivity index (χ2n) is 6.91. The molecule has 2 aromatic heterocycles. The van der Waals surface area contributed by atoms with Crippen molar-refractivity contribution in [3.63, 3.8) is 0 Å². The summed E-state index contributed by atoms with van der Waals surface area (Å²) in [5.74, 6) is 0.761. The molecule has 0 saturated carbocycles. The number of H-pyrrole nitrogens is 1. The first-order valence-electron chi connectivity index (χ1n) is 9.17. The maximum absolute atomic E-state index is 13.9. The van der Waals surface area contributed by atoms with Gasteiger partial charge in [0.05, 0.1) is 16.6 Å². The molecule has 0 radical (unpaired) electrons. The molecule has 0 saturated heterocycles. The summed E-state index contributed by atoms with van der Waals surface area (Å²) >= 11 is 0. The predicted octanol–water partition coefficient (Wildman–Crippen LogP) is 4.01. The van der Waals surface area contributed by atoms with Gasteiger partial charge in [-0.05, 0) is 42.0 Å². The zero-order valence-corrected chi connectivity index (χ0v) is 16.1. The smallest absolute Gasteiger partial charge is 0.259 e. The third-order valence-corrected chi connectivity index (χ3v) is 4.56. The molecule has 2 aromatic carbocycles. The highest BCUT2D eigenvalue weighted by atomic mass is 19.1. The lowest BCUT2D eigenvalue weighted by molar-refractivity contribution is 0.102. The minimum atomic E-state index is -0.255. The maximum Gasteiger partial charge on any atom is 0.259 e. The number of halogens is 1. The van der Waals surface area contributed by atoms with Gasteiger partial charge >= 0.3 is 0 Å². The molecule has 2 N–H and O–H groups in total. The van der Waals surface area contributed by atoms with Gasteiger partial charge in [0.1, 0.15) is 17.5 Å². The monoisotopic (exact) mass is 389 g/mol. The Morgan fingerprint density at radius 1 is 1.14 bits per heavy atom. The number of nitrogens with one attached hydrogen (secondary N) is 2. The number of benzene rings is 2. The Kier molecular flexibility index (Phi) is 4.95. The minimum Gasteiger partial charge on any atom is -0.362 e. The summed E-state index contributed by atoms with van der Waals surface area (Å²) < 4.78 is 13.9. The molecule has 29 heavy (non-hydrogen) atoms. The summed E-state index contributed by atoms with van der Waals surface area (Å²) in [5.41, 5.74) is 3.23. The maximum atomic E-state index is 13.9. The molecule has 4 rings (SSSR count). The Labute approximate surface area is 167 Å². The van der Waals surface area contributed by atoms with Gasteiger partial charge in [-0.2, -0.15) is 0 Å². The van der Waals surface area contributed by atoms with Crippen molar-refractivity contribution in [2.24, 2.45) is 0 Å². The number of anilines is 2. The number of aromatic amines is 1. The van der Waals surface area contributed by atoms with Crippen LogP contribution in [0.5, 0.6) is 0 Å². The zero-order valence-electron chi connectivity index (χ0n) is 16.1. The average Bonchev–Trinajstić information content (AvgIpc) is 3.11. The number of hydrogen-bond acceptors (Lipinski definition) is 4. The normalized spacial score (nSPS) is 10.9. The van der Waals surface area contributed by atoms with Gasteiger partial charge in [0.2, 0.25) is 0 Å². The van der Waals surface area contributed by atoms with Crippen LogP contribution in [0.1, 0.15) is 21.7 Å². The summed E-state index contributed by atoms with van der Waals surface area (Å²) in [6.45, 7) is 0. The molecule has 1 amide bonds. The molecule has 0 atom stereocenters. The van der Waals surface area contributed by atoms with E-state index in [2.05, 4.69) is 20.3 Å². The van der Waals surface area contributed by atoms with Crippen molar-refractivity contribution in [3.8, 4) is 0 Å². The standard InChI is InChI=1S/C22H20FN5O/c1-28(2)21-16(7-5-11-24-21)22(29)25-15-9-10-18-19(13-15)27-20(26-18)12-14-6-3-4-8-17(14)23/h3-11,13H,12H2,1-2H3,(H,25,29)(H,26,27). The molecule has 6 nitrogen and oxygen atoms in total. The Balaban J connectivity index is 1.57. The van der Waals surface area contributed by atoms with Gasteiger partial charge in [0.15, 0.2) is 0 Å². The van der Waals surface area contributed by atoms with Crippen molar-refractivity contribution < 1.29 is 9.18 Å². The number of carbonyl (C=O) groups is 1. The van der Waals surface area contributed by atoms with Crippen molar-refractivity contribution in [3.05, 3.63) is 83.6 Å². The summed E-state index contributed by atoms with van der Waals surface area (Å²) in [5, 5.41) is 2.90. The fourth-order valence-electron chi connectivity index (χ4n) is 3.18. The number of pyridine rings is 1. The van der Waals surface area contributed by atoms with Crippen LogP contribution in [-0.2, 0) is 6.42 Å². The zero-order chi connectivity index (χ0) is 20.4. The molecule has 4 aromatic rings. The van der Waals surface area contributed by atoms with Gasteiger partial charge in [-0.3, -0.25) is 4.79 Å². The van der Waals surface area contributed by atoms with Crippen LogP contribution in [0.25, 0.3) is 11.0 Å². The van der Waals surface area contributed by atoms with Crippen molar-refractivity contribution in [1.82, 2.24) is 15.0 Å². The summed E-state index contributed by atoms with van der Waals surface area (Å²) in [7, 11) is 3.68. The van der Waals surface area contributed by atoms with E-state index >= 15 is 0 Å². The number of nitrogens with zero attached hydrogens (tertiary/aromatic N) is 3. The van der Waals surface area contributed by atoms with Crippen molar-refractivity contribution >= 4 is 28.4 Å². The van der Waals surface area contributed by atoms with Crippen LogP contribution in [-0.4, -0.2) is 35.0 Å². The van der Waals surface area contributed by atoms with Gasteiger partial charge in [-0.1, -0.05) is 18.2 Å². The van der Waals surface area contributed by atoms with Crippen LogP contribution >= 0.6 is 0 Å². The first-order chi connectivity index (χ1) is 14.0. The van der Waals surface area contributed by atoms with Crippen molar-refractivity contribution in [1.29, 1.82) is 0 Å². The lowest BCUT2D eigenvalue weighted by Crippen LogP contribution is -2.19. The van der Waals surface area contributed by atoms with Crippen LogP contribution in [0.2, 0.25) is 0 Å². The number of hydrogen-bond donors (Lipinski definition) is 2. The van der Waals surface area contributed by atoms with Crippen molar-refractivity contribution in [2.45, 2.75) is 6.42 Å². The molecule has 0 aliphatic carbocycles. The molecule has 0 fully saturated rings. The van der Waals surface area contributed by atoms with E-state index in [1.165, 1.54) is 6.07 Å². The molecule has 0 spiro atoms. The van der Waals surface area contributed by atoms with E-state index < -0.39 is 0 Å². The number of amides is 1. The SMILES string of the molecule is CN(C)c1ncccc1C(=O)Nc1ccc2nc(Cc3ccccc3F)[nH]c2c1. The number of fused-ring (bicyclic) bond motifs is 1. The first-order valence-corrected chi connectivity index (χ1v) is 9.17. The fraction of sp³-hybridized carbons (Fsp3) is 0.136. The number of carbonyl (C=O) groups excluding carboxylic acids is 1. The average molecular weight is 389 g/mol. The van der Waals surface area contributed by atoms with Gasteiger partial charge in [-0.15, -0.1) is 0 Å². The van der Waals surface area contributed by atoms with Gasteiger partial charge < -0.3 is 15.2 Å². The molecule has 146 valence electrons. The second-order valence-corrected chi connectivity index (χ2v) is 6.91. The van der Waals surface area contributed by atoms with Crippen LogP contribution in [0, 0.1) is 5.82 Å². The molecule has 2 heterocycles. The fourth-order valence-corrected chi connectivity index (χ4v) is 3.18. The largest absolute Gasteiger partial charge is 0.362 e. The van der Waals surface area contributed by atoms with E-state index in [0.717, 1.165) is 11.0 Å². The molecule has 0 aliphatic rings. The number of rotatable bonds is 5. The van der Waals surface area contributed by atoms with E-state index in [1.54, 1.807) is 47.5 Å². The van der Waals surface area contributed by atoms with E-state index in [1.807, 2.05) is 26.2 Å². The number of aromatic nitrogens is 3. The van der Waals surface area contributed by atoms with E-state index in [4.69, 9.17) is 0 Å². The molecule has 7 heteroatoms. The van der Waals surface area contributed by atoms with Crippen LogP contribution in [0.3, 0.4) is 0 Å². The van der Waals surface area contributed by atoms with Crippen LogP contribution in [0.15, 0.2) is 60.8 Å². The summed E-state index contributed by atoms with van der Waals surface area (Å²) in [6.07, 6.45) is 2.02. The summed E-state index contributed by atoms with van der Waals surface area (Å²) in [6, 6.07) is 15.5. The van der Waals surface area contributed by atoms with Crippen LogP contribution in [0.4, 0.5) is 15.9 Å². The molecule has 0 unspecified atom stereocenters. The predicted molar refractivity (Wildman–Crippen MR) is 112 cm³/mol. The van der Waals surface area contributed by atoms with Crippen molar-refractivity contribution in [2.75, 3.05) is 24.3 Å². The highest BCUT2D eigenvalue weighted by Gasteiger charge is 2.14. The van der Waals surface area contributed by atoms with Gasteiger partial charge in [-0.25, -0.2) is 14.4 Å². The minimum absolute atomic E-state index is 0.243. The molecule has 0 bridgehead atoms. The highest BCUT2D eigenvalue weighted by Crippen LogP contribution is 2.21. The quantitative estimate of drug-likeness (QED) is 0.541. The van der Waals surface area contributed by atoms with Gasteiger partial charge in [0.25, 0.3) is 5.91 Å². The highest BCUT2D eigenvalue weighted by molar-refractivity contribution is 6.08. The van der Waals surface area contributed by atoms with E-state index in [0.29, 0.717) is 34.9 Å². The Hall–Kier alpha value is -3.74. The topological polar surface area (TPSA) is 73.9 Å². The number of imidazole rings is 1. The van der Waals surface area contributed by atoms with E-state index in [-0.39, 0.29) is 11.7 Å². The van der Waals surface area contributed by atoms with Crippen LogP contribution < -0.4 is 10.2 Å². The molecular weight excluding hydrogens is 369 g/mol. The Morgan fingerprint density at radius 3 is 2.76 bits per heavy atom. The molecular formula is C22H20FN5O. The second kappa shape index (κ2) is 7.71. The third-order valence-electron chi connectivity index (χ3n) is 4.56. The lowest BCUT2D eigenvalue weighted by atomic mass is 10.1. The Morgan fingerprint density at radius 2 is 1.97 bits per heavy atom. The summed E-state index contributed by atoms with van der Waals surface area (Å²) in [4.78, 5) is 26.5. The van der Waals surface area contributed by atoms with Gasteiger partial charge in [0, 0.05) is 32.4 Å². The third kappa shape index (κ3) is 3.94. The molecule has 0 aliphatic heterocycles. The first kappa shape index (κ1) is 18.6. The lowest BCUT2D eigenvalue weighted by Gasteiger charge is -2.15. The Bertz CT molecular complexity index is 1180.